The van der Waals surface area contributed by atoms with Crippen LogP contribution in [0.2, 0.25) is 0 Å². The Morgan fingerprint density at radius 2 is 0.892 bits per heavy atom. The second-order valence-corrected chi connectivity index (χ2v) is 7.82. The second kappa shape index (κ2) is 13.4. The maximum atomic E-state index is 12.4. The van der Waals surface area contributed by atoms with Gasteiger partial charge in [0.1, 0.15) is 23.0 Å². The smallest absolute Gasteiger partial charge is 0.457 e. The van der Waals surface area contributed by atoms with Gasteiger partial charge < -0.3 is 30.7 Å². The van der Waals surface area contributed by atoms with Crippen LogP contribution < -0.4 is 55.0 Å². The van der Waals surface area contributed by atoms with Gasteiger partial charge in [-0.25, -0.2) is 4.79 Å². The summed E-state index contributed by atoms with van der Waals surface area (Å²) in [5.41, 5.74) is 3.03. The number of nitrogens with one attached hydrogen (secondary N) is 3. The molecule has 4 aromatic carbocycles. The van der Waals surface area contributed by atoms with Gasteiger partial charge >= 0.3 is 35.6 Å². The molecule has 9 heteroatoms. The molecule has 0 aromatic heterocycles. The number of carbonyl (C=O) groups is 2. The van der Waals surface area contributed by atoms with Crippen LogP contribution in [0.1, 0.15) is 5.56 Å². The molecule has 4 rings (SSSR count). The Labute approximate surface area is 237 Å². The molecule has 0 unspecified atom stereocenters. The molecule has 0 aliphatic carbocycles. The van der Waals surface area contributed by atoms with Gasteiger partial charge in [0.2, 0.25) is 0 Å². The Bertz CT molecular complexity index is 1310. The summed E-state index contributed by atoms with van der Waals surface area (Å²) in [5.74, 6) is 2.64. The molecule has 8 nitrogen and oxygen atoms in total. The van der Waals surface area contributed by atoms with E-state index in [2.05, 4.69) is 21.3 Å². The Kier molecular flexibility index (Phi) is 9.97. The quantitative estimate of drug-likeness (QED) is 0.316. The first-order chi connectivity index (χ1) is 17.5. The van der Waals surface area contributed by atoms with Crippen molar-refractivity contribution in [1.82, 2.24) is 0 Å². The molecule has 0 bridgehead atoms. The first kappa shape index (κ1) is 27.6. The average Bonchev–Trinajstić information content (AvgIpc) is 2.89. The predicted molar refractivity (Wildman–Crippen MR) is 142 cm³/mol. The van der Waals surface area contributed by atoms with Crippen molar-refractivity contribution in [2.24, 2.45) is 0 Å². The number of rotatable bonds is 7. The van der Waals surface area contributed by atoms with Gasteiger partial charge in [-0.05, 0) is 85.4 Å². The van der Waals surface area contributed by atoms with Crippen molar-refractivity contribution in [3.63, 3.8) is 0 Å². The minimum Gasteiger partial charge on any atom is -0.457 e. The summed E-state index contributed by atoms with van der Waals surface area (Å²) >= 11 is 0. The van der Waals surface area contributed by atoms with Gasteiger partial charge in [-0.15, -0.1) is 0 Å². The van der Waals surface area contributed by atoms with E-state index in [-0.39, 0.29) is 35.6 Å². The van der Waals surface area contributed by atoms with Crippen LogP contribution >= 0.6 is 0 Å². The average molecular weight is 505 g/mol. The summed E-state index contributed by atoms with van der Waals surface area (Å²) in [4.78, 5) is 23.7. The van der Waals surface area contributed by atoms with Crippen LogP contribution in [0.5, 0.6) is 23.0 Å². The molecule has 0 spiro atoms. The van der Waals surface area contributed by atoms with Crippen molar-refractivity contribution < 1.29 is 48.6 Å². The molecular formula is C28H25N4NaO4. The molecular weight excluding hydrogens is 479 g/mol. The van der Waals surface area contributed by atoms with E-state index in [4.69, 9.17) is 9.47 Å². The summed E-state index contributed by atoms with van der Waals surface area (Å²) in [6.45, 7) is 2.02. The van der Waals surface area contributed by atoms with Gasteiger partial charge in [0.05, 0.1) is 0 Å². The summed E-state index contributed by atoms with van der Waals surface area (Å²) in [6, 6.07) is 28.0. The van der Waals surface area contributed by atoms with Gasteiger partial charge in [-0.2, -0.15) is 0 Å². The van der Waals surface area contributed by atoms with Crippen molar-refractivity contribution in [2.75, 3.05) is 23.0 Å². The molecule has 0 saturated heterocycles. The number of ether oxygens (including phenoxy) is 2. The van der Waals surface area contributed by atoms with E-state index in [1.54, 1.807) is 72.8 Å². The molecule has 4 amide bonds. The number of benzene rings is 4. The normalized spacial score (nSPS) is 9.89. The largest absolute Gasteiger partial charge is 1.00 e. The summed E-state index contributed by atoms with van der Waals surface area (Å²) in [5, 5.41) is 11.7. The molecule has 0 heterocycles. The van der Waals surface area contributed by atoms with E-state index in [9.17, 15) is 9.59 Å². The zero-order valence-electron chi connectivity index (χ0n) is 20.8. The van der Waals surface area contributed by atoms with E-state index >= 15 is 0 Å². The Morgan fingerprint density at radius 1 is 0.568 bits per heavy atom. The number of urea groups is 2. The van der Waals surface area contributed by atoms with Crippen molar-refractivity contribution in [3.05, 3.63) is 108 Å². The van der Waals surface area contributed by atoms with Crippen LogP contribution in [-0.4, -0.2) is 19.1 Å². The first-order valence-electron chi connectivity index (χ1n) is 11.2. The summed E-state index contributed by atoms with van der Waals surface area (Å²) in [7, 11) is 1.43. The van der Waals surface area contributed by atoms with Crippen molar-refractivity contribution in [2.45, 2.75) is 6.92 Å². The Balaban J connectivity index is 0.00000380. The Hall–Kier alpha value is -3.98. The van der Waals surface area contributed by atoms with E-state index in [0.29, 0.717) is 34.3 Å². The number of nitrogens with zero attached hydrogens (tertiary/aromatic N) is 1. The number of hydrogen-bond donors (Lipinski definition) is 3. The maximum absolute atomic E-state index is 12.4. The fourth-order valence-corrected chi connectivity index (χ4v) is 3.17. The van der Waals surface area contributed by atoms with Crippen LogP contribution in [0.15, 0.2) is 97.1 Å². The summed E-state index contributed by atoms with van der Waals surface area (Å²) in [6.07, 6.45) is 0. The first-order valence-corrected chi connectivity index (χ1v) is 11.2. The van der Waals surface area contributed by atoms with Crippen molar-refractivity contribution in [3.8, 4) is 23.0 Å². The monoisotopic (exact) mass is 504 g/mol. The third kappa shape index (κ3) is 8.57. The fraction of sp³-hybridized carbons (Fsp3) is 0.0714. The van der Waals surface area contributed by atoms with Gasteiger partial charge in [0.25, 0.3) is 0 Å². The zero-order valence-corrected chi connectivity index (χ0v) is 22.8. The van der Waals surface area contributed by atoms with E-state index in [1.807, 2.05) is 31.2 Å². The molecule has 0 fully saturated rings. The number of amides is 4. The summed E-state index contributed by atoms with van der Waals surface area (Å²) < 4.78 is 11.6. The number of carbonyl (C=O) groups excluding carboxylic acids is 2. The molecule has 0 atom stereocenters. The standard InChI is InChI=1S/C28H26N4O4.Na/c1-19-3-11-23(12-4-19)35-24-15-7-21(8-16-24)31-28(34)32-22-9-17-26(18-10-22)36-25-13-5-20(6-14-25)30-27(33)29-2;/h3-18H,1-2H3,(H4,29,30,31,32,33,34);/q;+1/p-1. The third-order valence-electron chi connectivity index (χ3n) is 5.03. The minimum absolute atomic E-state index is 0. The second-order valence-electron chi connectivity index (χ2n) is 7.82. The van der Waals surface area contributed by atoms with Gasteiger partial charge in [-0.3, -0.25) is 4.79 Å². The zero-order chi connectivity index (χ0) is 25.3. The molecule has 0 saturated carbocycles. The van der Waals surface area contributed by atoms with Crippen LogP contribution in [0.3, 0.4) is 0 Å². The van der Waals surface area contributed by atoms with Crippen LogP contribution in [0.4, 0.5) is 26.7 Å². The van der Waals surface area contributed by atoms with Crippen LogP contribution in [0.25, 0.3) is 5.32 Å². The molecule has 4 aromatic rings. The van der Waals surface area contributed by atoms with Crippen LogP contribution in [-0.2, 0) is 0 Å². The Morgan fingerprint density at radius 3 is 1.24 bits per heavy atom. The molecule has 182 valence electrons. The molecule has 0 aliphatic heterocycles. The number of aryl methyl sites for hydroxylation is 1. The molecule has 0 aliphatic rings. The SMILES string of the molecule is C[N-]C(=O)Nc1ccc(Oc2ccc(NC(=O)Nc3ccc(Oc4ccc(C)cc4)cc3)cc2)cc1.[Na+]. The van der Waals surface area contributed by atoms with Crippen LogP contribution in [0, 0.1) is 6.92 Å². The van der Waals surface area contributed by atoms with Crippen molar-refractivity contribution in [1.29, 1.82) is 0 Å². The molecule has 37 heavy (non-hydrogen) atoms. The number of hydrogen-bond acceptors (Lipinski definition) is 4. The molecule has 3 N–H and O–H groups in total. The fourth-order valence-electron chi connectivity index (χ4n) is 3.17. The van der Waals surface area contributed by atoms with Crippen molar-refractivity contribution >= 4 is 29.1 Å². The minimum atomic E-state index is -0.417. The topological polar surface area (TPSA) is 103 Å². The van der Waals surface area contributed by atoms with E-state index < -0.39 is 6.03 Å². The van der Waals surface area contributed by atoms with Gasteiger partial charge in [0.15, 0.2) is 6.03 Å². The van der Waals surface area contributed by atoms with E-state index in [0.717, 1.165) is 11.3 Å². The predicted octanol–water partition coefficient (Wildman–Crippen LogP) is 4.76. The molecule has 0 radical (unpaired) electrons. The van der Waals surface area contributed by atoms with Gasteiger partial charge in [0, 0.05) is 11.4 Å². The number of anilines is 3. The third-order valence-corrected chi connectivity index (χ3v) is 5.03. The van der Waals surface area contributed by atoms with Gasteiger partial charge in [-0.1, -0.05) is 36.9 Å². The van der Waals surface area contributed by atoms with E-state index in [1.165, 1.54) is 7.05 Å². The maximum Gasteiger partial charge on any atom is 1.00 e.